The Labute approximate surface area is 88.3 Å². The van der Waals surface area contributed by atoms with Gasteiger partial charge in [-0.15, -0.1) is 11.3 Å². The highest BCUT2D eigenvalue weighted by molar-refractivity contribution is 7.12. The molecule has 0 saturated carbocycles. The second-order valence-electron chi connectivity index (χ2n) is 3.98. The number of nitrogens with one attached hydrogen (secondary N) is 1. The Morgan fingerprint density at radius 1 is 1.36 bits per heavy atom. The lowest BCUT2D eigenvalue weighted by Crippen LogP contribution is -2.21. The van der Waals surface area contributed by atoms with Crippen LogP contribution in [-0.2, 0) is 5.67 Å². The van der Waals surface area contributed by atoms with Crippen LogP contribution in [0.25, 0.3) is 0 Å². The number of aryl methyl sites for hydroxylation is 1. The van der Waals surface area contributed by atoms with Crippen LogP contribution in [0.3, 0.4) is 0 Å². The third-order valence-corrected chi connectivity index (χ3v) is 3.99. The fraction of sp³-hybridized carbons (Fsp3) is 0.636. The van der Waals surface area contributed by atoms with Crippen LogP contribution < -0.4 is 5.32 Å². The van der Waals surface area contributed by atoms with E-state index < -0.39 is 5.67 Å². The molecule has 2 rings (SSSR count). The molecule has 1 aliphatic rings. The minimum Gasteiger partial charge on any atom is -0.317 e. The first-order chi connectivity index (χ1) is 6.71. The predicted octanol–water partition coefficient (Wildman–Crippen LogP) is 2.99. The summed E-state index contributed by atoms with van der Waals surface area (Å²) in [7, 11) is 0. The molecule has 1 N–H and O–H groups in total. The molecule has 14 heavy (non-hydrogen) atoms. The first-order valence-electron chi connectivity index (χ1n) is 5.17. The van der Waals surface area contributed by atoms with Crippen LogP contribution in [-0.4, -0.2) is 13.1 Å². The Bertz CT molecular complexity index is 300. The smallest absolute Gasteiger partial charge is 0.146 e. The number of alkyl halides is 1. The normalized spacial score (nSPS) is 28.7. The molecule has 2 heterocycles. The van der Waals surface area contributed by atoms with Crippen molar-refractivity contribution in [2.45, 2.75) is 31.9 Å². The van der Waals surface area contributed by atoms with Crippen molar-refractivity contribution in [2.75, 3.05) is 13.1 Å². The second-order valence-corrected chi connectivity index (χ2v) is 5.27. The summed E-state index contributed by atoms with van der Waals surface area (Å²) in [4.78, 5) is 2.12. The zero-order chi connectivity index (χ0) is 10.0. The van der Waals surface area contributed by atoms with Gasteiger partial charge in [-0.1, -0.05) is 0 Å². The average Bonchev–Trinajstić information content (AvgIpc) is 2.47. The average molecular weight is 213 g/mol. The van der Waals surface area contributed by atoms with Gasteiger partial charge in [0.2, 0.25) is 0 Å². The van der Waals surface area contributed by atoms with E-state index in [9.17, 15) is 4.39 Å². The van der Waals surface area contributed by atoms with Crippen LogP contribution in [0.2, 0.25) is 0 Å². The van der Waals surface area contributed by atoms with E-state index in [-0.39, 0.29) is 0 Å². The number of hydrogen-bond acceptors (Lipinski definition) is 2. The van der Waals surface area contributed by atoms with Crippen molar-refractivity contribution in [1.29, 1.82) is 0 Å². The van der Waals surface area contributed by atoms with Crippen LogP contribution >= 0.6 is 11.3 Å². The Kier molecular flexibility index (Phi) is 2.88. The second kappa shape index (κ2) is 3.99. The summed E-state index contributed by atoms with van der Waals surface area (Å²) in [5, 5.41) is 3.24. The fourth-order valence-corrected chi connectivity index (χ4v) is 2.96. The van der Waals surface area contributed by atoms with Crippen LogP contribution in [0.5, 0.6) is 0 Å². The highest BCUT2D eigenvalue weighted by Gasteiger charge is 2.33. The van der Waals surface area contributed by atoms with E-state index in [0.29, 0.717) is 12.8 Å². The molecule has 0 amide bonds. The van der Waals surface area contributed by atoms with Crippen molar-refractivity contribution >= 4 is 11.3 Å². The monoisotopic (exact) mass is 213 g/mol. The highest BCUT2D eigenvalue weighted by atomic mass is 32.1. The zero-order valence-electron chi connectivity index (χ0n) is 8.48. The first kappa shape index (κ1) is 10.1. The van der Waals surface area contributed by atoms with Crippen molar-refractivity contribution in [3.63, 3.8) is 0 Å². The SMILES string of the molecule is Cc1ccc(C2(F)CCCNCC2)s1. The largest absolute Gasteiger partial charge is 0.317 e. The molecule has 78 valence electrons. The molecule has 0 radical (unpaired) electrons. The summed E-state index contributed by atoms with van der Waals surface area (Å²) in [6, 6.07) is 3.96. The van der Waals surface area contributed by atoms with Gasteiger partial charge in [-0.2, -0.15) is 0 Å². The van der Waals surface area contributed by atoms with Gasteiger partial charge in [-0.25, -0.2) is 4.39 Å². The van der Waals surface area contributed by atoms with E-state index in [0.717, 1.165) is 24.4 Å². The molecule has 0 aromatic carbocycles. The minimum absolute atomic E-state index is 0.618. The number of halogens is 1. The zero-order valence-corrected chi connectivity index (χ0v) is 9.29. The topological polar surface area (TPSA) is 12.0 Å². The molecule has 1 aliphatic heterocycles. The van der Waals surface area contributed by atoms with E-state index in [4.69, 9.17) is 0 Å². The van der Waals surface area contributed by atoms with E-state index in [1.54, 1.807) is 11.3 Å². The van der Waals surface area contributed by atoms with Gasteiger partial charge in [-0.3, -0.25) is 0 Å². The lowest BCUT2D eigenvalue weighted by molar-refractivity contribution is 0.150. The molecule has 0 spiro atoms. The molecule has 1 unspecified atom stereocenters. The molecule has 0 bridgehead atoms. The highest BCUT2D eigenvalue weighted by Crippen LogP contribution is 2.39. The molecule has 1 aromatic heterocycles. The predicted molar refractivity (Wildman–Crippen MR) is 58.6 cm³/mol. The Hall–Kier alpha value is -0.410. The van der Waals surface area contributed by atoms with Crippen LogP contribution in [0.15, 0.2) is 12.1 Å². The van der Waals surface area contributed by atoms with Gasteiger partial charge in [0.1, 0.15) is 5.67 Å². The van der Waals surface area contributed by atoms with Crippen molar-refractivity contribution in [3.05, 3.63) is 21.9 Å². The van der Waals surface area contributed by atoms with E-state index in [1.807, 2.05) is 19.1 Å². The lowest BCUT2D eigenvalue weighted by Gasteiger charge is -2.21. The molecule has 1 atom stereocenters. The van der Waals surface area contributed by atoms with Crippen LogP contribution in [0, 0.1) is 6.92 Å². The first-order valence-corrected chi connectivity index (χ1v) is 5.99. The molecular formula is C11H16FNS. The summed E-state index contributed by atoms with van der Waals surface area (Å²) in [6.07, 6.45) is 2.22. The minimum atomic E-state index is -1.07. The Morgan fingerprint density at radius 2 is 2.21 bits per heavy atom. The maximum absolute atomic E-state index is 14.5. The molecule has 1 fully saturated rings. The summed E-state index contributed by atoms with van der Waals surface area (Å²) in [5.74, 6) is 0. The molecule has 3 heteroatoms. The summed E-state index contributed by atoms with van der Waals surface area (Å²) in [6.45, 7) is 3.79. The van der Waals surface area contributed by atoms with Crippen molar-refractivity contribution in [1.82, 2.24) is 5.32 Å². The Balaban J connectivity index is 2.20. The van der Waals surface area contributed by atoms with E-state index in [1.165, 1.54) is 4.88 Å². The number of hydrogen-bond donors (Lipinski definition) is 1. The molecular weight excluding hydrogens is 197 g/mol. The van der Waals surface area contributed by atoms with Crippen molar-refractivity contribution < 1.29 is 4.39 Å². The molecule has 0 aliphatic carbocycles. The Morgan fingerprint density at radius 3 is 2.93 bits per heavy atom. The third-order valence-electron chi connectivity index (χ3n) is 2.81. The number of thiophene rings is 1. The summed E-state index contributed by atoms with van der Waals surface area (Å²) < 4.78 is 14.5. The van der Waals surface area contributed by atoms with Crippen molar-refractivity contribution in [3.8, 4) is 0 Å². The maximum Gasteiger partial charge on any atom is 0.146 e. The quantitative estimate of drug-likeness (QED) is 0.756. The van der Waals surface area contributed by atoms with Crippen LogP contribution in [0.1, 0.15) is 29.0 Å². The van der Waals surface area contributed by atoms with Gasteiger partial charge < -0.3 is 5.32 Å². The van der Waals surface area contributed by atoms with Gasteiger partial charge in [0.15, 0.2) is 0 Å². The van der Waals surface area contributed by atoms with Gasteiger partial charge >= 0.3 is 0 Å². The van der Waals surface area contributed by atoms with Gasteiger partial charge in [-0.05, 0) is 51.4 Å². The third kappa shape index (κ3) is 1.98. The fourth-order valence-electron chi connectivity index (χ4n) is 1.95. The summed E-state index contributed by atoms with van der Waals surface area (Å²) in [5.41, 5.74) is -1.07. The summed E-state index contributed by atoms with van der Waals surface area (Å²) >= 11 is 1.60. The van der Waals surface area contributed by atoms with Crippen LogP contribution in [0.4, 0.5) is 4.39 Å². The standard InChI is InChI=1S/C11H16FNS/c1-9-3-4-10(14-9)11(12)5-2-7-13-8-6-11/h3-4,13H,2,5-8H2,1H3. The van der Waals surface area contributed by atoms with E-state index in [2.05, 4.69) is 5.32 Å². The molecule has 1 aromatic rings. The maximum atomic E-state index is 14.5. The number of rotatable bonds is 1. The van der Waals surface area contributed by atoms with Gasteiger partial charge in [0.05, 0.1) is 0 Å². The van der Waals surface area contributed by atoms with Gasteiger partial charge in [0.25, 0.3) is 0 Å². The molecule has 1 nitrogen and oxygen atoms in total. The van der Waals surface area contributed by atoms with E-state index >= 15 is 0 Å². The lowest BCUT2D eigenvalue weighted by atomic mass is 9.95. The van der Waals surface area contributed by atoms with Crippen molar-refractivity contribution in [2.24, 2.45) is 0 Å². The van der Waals surface area contributed by atoms with Gasteiger partial charge in [0, 0.05) is 9.75 Å². The molecule has 1 saturated heterocycles.